The molecule has 0 unspecified atom stereocenters. The van der Waals surface area contributed by atoms with Crippen molar-refractivity contribution in [2.45, 2.75) is 0 Å². The molecule has 0 aliphatic heterocycles. The fourth-order valence-corrected chi connectivity index (χ4v) is 1.92. The summed E-state index contributed by atoms with van der Waals surface area (Å²) in [5.74, 6) is 0.479. The zero-order valence-electron chi connectivity index (χ0n) is 11.9. The molecule has 108 valence electrons. The van der Waals surface area contributed by atoms with Crippen molar-refractivity contribution in [1.82, 2.24) is 0 Å². The highest BCUT2D eigenvalue weighted by atomic mass is 16.5. The van der Waals surface area contributed by atoms with E-state index in [0.717, 1.165) is 0 Å². The minimum atomic E-state index is -0.134. The number of aromatic hydroxyl groups is 1. The second-order valence-electron chi connectivity index (χ2n) is 4.30. The minimum absolute atomic E-state index is 0.0611. The molecular formula is C17H16O4. The van der Waals surface area contributed by atoms with Crippen LogP contribution in [0, 0.1) is 0 Å². The Morgan fingerprint density at radius 1 is 1.05 bits per heavy atom. The Morgan fingerprint density at radius 3 is 2.38 bits per heavy atom. The van der Waals surface area contributed by atoms with Crippen molar-refractivity contribution in [3.63, 3.8) is 0 Å². The van der Waals surface area contributed by atoms with Crippen molar-refractivity contribution in [2.75, 3.05) is 14.2 Å². The smallest absolute Gasteiger partial charge is 0.203 e. The molecule has 0 radical (unpaired) electrons. The number of benzene rings is 2. The Hall–Kier alpha value is -2.75. The summed E-state index contributed by atoms with van der Waals surface area (Å²) in [5.41, 5.74) is 1.07. The highest BCUT2D eigenvalue weighted by Gasteiger charge is 2.12. The molecule has 0 bridgehead atoms. The van der Waals surface area contributed by atoms with Crippen LogP contribution in [0.3, 0.4) is 0 Å². The van der Waals surface area contributed by atoms with Crippen LogP contribution < -0.4 is 9.47 Å². The van der Waals surface area contributed by atoms with Gasteiger partial charge in [0.25, 0.3) is 0 Å². The van der Waals surface area contributed by atoms with Gasteiger partial charge in [-0.2, -0.15) is 0 Å². The predicted octanol–water partition coefficient (Wildman–Crippen LogP) is 3.31. The molecule has 4 heteroatoms. The van der Waals surface area contributed by atoms with Gasteiger partial charge in [-0.25, -0.2) is 0 Å². The van der Waals surface area contributed by atoms with Crippen molar-refractivity contribution < 1.29 is 19.4 Å². The van der Waals surface area contributed by atoms with E-state index >= 15 is 0 Å². The van der Waals surface area contributed by atoms with Crippen LogP contribution >= 0.6 is 0 Å². The van der Waals surface area contributed by atoms with Crippen LogP contribution in [0.4, 0.5) is 0 Å². The SMILES string of the molecule is COc1ccc(/C=C/C(=O)c2ccccc2)c(O)c1OC. The van der Waals surface area contributed by atoms with E-state index in [9.17, 15) is 9.90 Å². The van der Waals surface area contributed by atoms with E-state index in [1.807, 2.05) is 6.07 Å². The number of phenolic OH excluding ortho intramolecular Hbond substituents is 1. The van der Waals surface area contributed by atoms with Crippen LogP contribution in [-0.4, -0.2) is 25.1 Å². The second-order valence-corrected chi connectivity index (χ2v) is 4.30. The fourth-order valence-electron chi connectivity index (χ4n) is 1.92. The summed E-state index contributed by atoms with van der Waals surface area (Å²) < 4.78 is 10.2. The van der Waals surface area contributed by atoms with Crippen LogP contribution in [0.25, 0.3) is 6.08 Å². The standard InChI is InChI=1S/C17H16O4/c1-20-15-11-9-13(16(19)17(15)21-2)8-10-14(18)12-6-4-3-5-7-12/h3-11,19H,1-2H3/b10-8+. The number of ether oxygens (including phenoxy) is 2. The molecule has 0 fully saturated rings. The Morgan fingerprint density at radius 2 is 1.76 bits per heavy atom. The predicted molar refractivity (Wildman–Crippen MR) is 81.0 cm³/mol. The zero-order valence-corrected chi connectivity index (χ0v) is 11.9. The first-order valence-electron chi connectivity index (χ1n) is 6.38. The summed E-state index contributed by atoms with van der Waals surface area (Å²) in [6.07, 6.45) is 2.96. The summed E-state index contributed by atoms with van der Waals surface area (Å²) in [6, 6.07) is 12.3. The van der Waals surface area contributed by atoms with Gasteiger partial charge in [0.2, 0.25) is 5.75 Å². The Labute approximate surface area is 123 Å². The van der Waals surface area contributed by atoms with Crippen molar-refractivity contribution in [1.29, 1.82) is 0 Å². The lowest BCUT2D eigenvalue weighted by atomic mass is 10.1. The molecule has 0 aliphatic carbocycles. The van der Waals surface area contributed by atoms with Crippen molar-refractivity contribution >= 4 is 11.9 Å². The van der Waals surface area contributed by atoms with Gasteiger partial charge in [-0.3, -0.25) is 4.79 Å². The molecule has 21 heavy (non-hydrogen) atoms. The number of methoxy groups -OCH3 is 2. The Balaban J connectivity index is 2.28. The van der Waals surface area contributed by atoms with Gasteiger partial charge in [0, 0.05) is 11.1 Å². The van der Waals surface area contributed by atoms with Gasteiger partial charge in [0.15, 0.2) is 17.3 Å². The first kappa shape index (κ1) is 14.7. The van der Waals surface area contributed by atoms with E-state index in [1.54, 1.807) is 42.5 Å². The van der Waals surface area contributed by atoms with E-state index < -0.39 is 0 Å². The highest BCUT2D eigenvalue weighted by Crippen LogP contribution is 2.39. The largest absolute Gasteiger partial charge is 0.504 e. The van der Waals surface area contributed by atoms with Crippen molar-refractivity contribution in [3.8, 4) is 17.2 Å². The third kappa shape index (κ3) is 3.23. The van der Waals surface area contributed by atoms with E-state index in [0.29, 0.717) is 16.9 Å². The number of rotatable bonds is 5. The molecule has 0 spiro atoms. The molecule has 0 saturated carbocycles. The van der Waals surface area contributed by atoms with Gasteiger partial charge in [-0.15, -0.1) is 0 Å². The molecule has 0 amide bonds. The van der Waals surface area contributed by atoms with Gasteiger partial charge in [-0.1, -0.05) is 30.3 Å². The molecule has 2 aromatic carbocycles. The number of carbonyl (C=O) groups excluding carboxylic acids is 1. The summed E-state index contributed by atoms with van der Waals surface area (Å²) in [4.78, 5) is 12.0. The number of ketones is 1. The zero-order chi connectivity index (χ0) is 15.2. The lowest BCUT2D eigenvalue weighted by Crippen LogP contribution is -1.94. The Kier molecular flexibility index (Phi) is 4.61. The summed E-state index contributed by atoms with van der Waals surface area (Å²) in [7, 11) is 2.94. The quantitative estimate of drug-likeness (QED) is 0.676. The summed E-state index contributed by atoms with van der Waals surface area (Å²) in [5, 5.41) is 10.1. The van der Waals surface area contributed by atoms with Gasteiger partial charge in [-0.05, 0) is 24.3 Å². The molecule has 0 aliphatic rings. The van der Waals surface area contributed by atoms with Gasteiger partial charge >= 0.3 is 0 Å². The molecule has 0 heterocycles. The number of phenols is 1. The van der Waals surface area contributed by atoms with E-state index in [-0.39, 0.29) is 17.3 Å². The number of hydrogen-bond acceptors (Lipinski definition) is 4. The first-order chi connectivity index (χ1) is 10.2. The lowest BCUT2D eigenvalue weighted by Gasteiger charge is -2.10. The van der Waals surface area contributed by atoms with Gasteiger partial charge in [0.1, 0.15) is 0 Å². The van der Waals surface area contributed by atoms with Crippen LogP contribution in [-0.2, 0) is 0 Å². The molecule has 2 rings (SSSR count). The average Bonchev–Trinajstić information content (AvgIpc) is 2.53. The fraction of sp³-hybridized carbons (Fsp3) is 0.118. The van der Waals surface area contributed by atoms with Crippen LogP contribution in [0.15, 0.2) is 48.5 Å². The van der Waals surface area contributed by atoms with Crippen LogP contribution in [0.2, 0.25) is 0 Å². The average molecular weight is 284 g/mol. The molecule has 2 aromatic rings. The molecule has 4 nitrogen and oxygen atoms in total. The lowest BCUT2D eigenvalue weighted by molar-refractivity contribution is 0.104. The topological polar surface area (TPSA) is 55.8 Å². The number of carbonyl (C=O) groups is 1. The molecule has 0 atom stereocenters. The molecule has 0 saturated heterocycles. The molecule has 0 aromatic heterocycles. The molecule has 1 N–H and O–H groups in total. The van der Waals surface area contributed by atoms with Gasteiger partial charge < -0.3 is 14.6 Å². The molecular weight excluding hydrogens is 268 g/mol. The maximum atomic E-state index is 12.0. The Bertz CT molecular complexity index is 660. The summed E-state index contributed by atoms with van der Waals surface area (Å²) >= 11 is 0. The number of allylic oxidation sites excluding steroid dienone is 1. The van der Waals surface area contributed by atoms with Crippen molar-refractivity contribution in [2.24, 2.45) is 0 Å². The minimum Gasteiger partial charge on any atom is -0.504 e. The van der Waals surface area contributed by atoms with Gasteiger partial charge in [0.05, 0.1) is 14.2 Å². The van der Waals surface area contributed by atoms with E-state index in [1.165, 1.54) is 20.3 Å². The second kappa shape index (κ2) is 6.61. The third-order valence-corrected chi connectivity index (χ3v) is 3.02. The van der Waals surface area contributed by atoms with E-state index in [4.69, 9.17) is 9.47 Å². The first-order valence-corrected chi connectivity index (χ1v) is 6.38. The maximum Gasteiger partial charge on any atom is 0.203 e. The highest BCUT2D eigenvalue weighted by molar-refractivity contribution is 6.06. The number of hydrogen-bond donors (Lipinski definition) is 1. The third-order valence-electron chi connectivity index (χ3n) is 3.02. The van der Waals surface area contributed by atoms with Crippen molar-refractivity contribution in [3.05, 3.63) is 59.7 Å². The normalized spacial score (nSPS) is 10.6. The monoisotopic (exact) mass is 284 g/mol. The summed E-state index contributed by atoms with van der Waals surface area (Å²) in [6.45, 7) is 0. The van der Waals surface area contributed by atoms with E-state index in [2.05, 4.69) is 0 Å². The van der Waals surface area contributed by atoms with Crippen LogP contribution in [0.5, 0.6) is 17.2 Å². The van der Waals surface area contributed by atoms with Crippen LogP contribution in [0.1, 0.15) is 15.9 Å². The maximum absolute atomic E-state index is 12.0.